The lowest BCUT2D eigenvalue weighted by molar-refractivity contribution is 0.258. The summed E-state index contributed by atoms with van der Waals surface area (Å²) in [5, 5.41) is 2.38. The van der Waals surface area contributed by atoms with Gasteiger partial charge in [-0.3, -0.25) is 4.90 Å². The zero-order valence-electron chi connectivity index (χ0n) is 10.2. The predicted octanol–water partition coefficient (Wildman–Crippen LogP) is 3.63. The van der Waals surface area contributed by atoms with Gasteiger partial charge in [0.15, 0.2) is 0 Å². The lowest BCUT2D eigenvalue weighted by atomic mass is 10.3. The van der Waals surface area contributed by atoms with E-state index in [1.54, 1.807) is 31.3 Å². The van der Waals surface area contributed by atoms with Crippen LogP contribution >= 0.6 is 0 Å². The monoisotopic (exact) mass is 262 g/mol. The zero-order chi connectivity index (χ0) is 13.8. The van der Waals surface area contributed by atoms with Crippen LogP contribution < -0.4 is 10.2 Å². The highest BCUT2D eigenvalue weighted by molar-refractivity contribution is 6.01. The average molecular weight is 262 g/mol. The quantitative estimate of drug-likeness (QED) is 0.880. The summed E-state index contributed by atoms with van der Waals surface area (Å²) in [5.74, 6) is -1.50. The molecule has 5 heteroatoms. The third kappa shape index (κ3) is 3.07. The molecule has 0 aliphatic carbocycles. The lowest BCUT2D eigenvalue weighted by Gasteiger charge is -2.18. The Balaban J connectivity index is 2.13. The summed E-state index contributed by atoms with van der Waals surface area (Å²) in [5.41, 5.74) is 0.608. The first-order valence-electron chi connectivity index (χ1n) is 5.63. The second-order valence-corrected chi connectivity index (χ2v) is 3.95. The molecule has 0 saturated heterocycles. The number of halogens is 2. The third-order valence-electron chi connectivity index (χ3n) is 2.62. The van der Waals surface area contributed by atoms with Crippen LogP contribution in [0.3, 0.4) is 0 Å². The number of anilines is 2. The maximum absolute atomic E-state index is 13.4. The van der Waals surface area contributed by atoms with Crippen molar-refractivity contribution < 1.29 is 13.6 Å². The Hall–Kier alpha value is -2.43. The minimum atomic E-state index is -0.810. The first kappa shape index (κ1) is 13.0. The summed E-state index contributed by atoms with van der Waals surface area (Å²) >= 11 is 0. The molecule has 0 aliphatic rings. The molecule has 0 atom stereocenters. The van der Waals surface area contributed by atoms with Gasteiger partial charge in [0.05, 0.1) is 5.69 Å². The predicted molar refractivity (Wildman–Crippen MR) is 70.2 cm³/mol. The van der Waals surface area contributed by atoms with Crippen molar-refractivity contribution >= 4 is 17.4 Å². The van der Waals surface area contributed by atoms with E-state index in [1.165, 1.54) is 11.0 Å². The van der Waals surface area contributed by atoms with Gasteiger partial charge in [0.25, 0.3) is 0 Å². The van der Waals surface area contributed by atoms with Crippen LogP contribution in [0.1, 0.15) is 0 Å². The van der Waals surface area contributed by atoms with E-state index in [4.69, 9.17) is 0 Å². The van der Waals surface area contributed by atoms with Gasteiger partial charge < -0.3 is 5.32 Å². The molecule has 0 aliphatic heterocycles. The first-order valence-corrected chi connectivity index (χ1v) is 5.63. The molecule has 1 N–H and O–H groups in total. The molecule has 3 nitrogen and oxygen atoms in total. The molecule has 0 radical (unpaired) electrons. The molecule has 19 heavy (non-hydrogen) atoms. The van der Waals surface area contributed by atoms with Gasteiger partial charge in [-0.15, -0.1) is 0 Å². The van der Waals surface area contributed by atoms with E-state index < -0.39 is 17.7 Å². The summed E-state index contributed by atoms with van der Waals surface area (Å²) in [6, 6.07) is 11.4. The average Bonchev–Trinajstić information content (AvgIpc) is 2.42. The minimum absolute atomic E-state index is 0.0609. The third-order valence-corrected chi connectivity index (χ3v) is 2.62. The number of amides is 2. The molecule has 0 saturated carbocycles. The number of carbonyl (C=O) groups is 1. The number of nitrogens with zero attached hydrogens (tertiary/aromatic N) is 1. The van der Waals surface area contributed by atoms with Crippen molar-refractivity contribution in [2.45, 2.75) is 0 Å². The molecule has 0 aromatic heterocycles. The van der Waals surface area contributed by atoms with Crippen LogP contribution in [0.5, 0.6) is 0 Å². The second kappa shape index (κ2) is 5.48. The Morgan fingerprint density at radius 1 is 1.11 bits per heavy atom. The van der Waals surface area contributed by atoms with E-state index in [2.05, 4.69) is 5.32 Å². The molecule has 2 amide bonds. The van der Waals surface area contributed by atoms with Gasteiger partial charge in [0.2, 0.25) is 0 Å². The van der Waals surface area contributed by atoms with Crippen molar-refractivity contribution in [1.82, 2.24) is 0 Å². The Morgan fingerprint density at radius 3 is 2.42 bits per heavy atom. The van der Waals surface area contributed by atoms with Crippen LogP contribution in [0, 0.1) is 11.6 Å². The summed E-state index contributed by atoms with van der Waals surface area (Å²) in [6.45, 7) is 0. The fraction of sp³-hybridized carbons (Fsp3) is 0.0714. The van der Waals surface area contributed by atoms with Crippen LogP contribution in [0.15, 0.2) is 48.5 Å². The SMILES string of the molecule is CN(C(=O)Nc1ccc(F)cc1F)c1ccccc1. The highest BCUT2D eigenvalue weighted by Gasteiger charge is 2.13. The van der Waals surface area contributed by atoms with Gasteiger partial charge in [0, 0.05) is 18.8 Å². The normalized spacial score (nSPS) is 10.1. The number of rotatable bonds is 2. The molecule has 0 spiro atoms. The molecule has 2 aromatic carbocycles. The van der Waals surface area contributed by atoms with Crippen molar-refractivity contribution in [2.24, 2.45) is 0 Å². The van der Waals surface area contributed by atoms with Gasteiger partial charge in [0.1, 0.15) is 11.6 Å². The molecule has 2 rings (SSSR count). The molecule has 0 unspecified atom stereocenters. The largest absolute Gasteiger partial charge is 0.326 e. The smallest absolute Gasteiger partial charge is 0.305 e. The second-order valence-electron chi connectivity index (χ2n) is 3.95. The maximum atomic E-state index is 13.4. The lowest BCUT2D eigenvalue weighted by Crippen LogP contribution is -2.31. The van der Waals surface area contributed by atoms with E-state index in [9.17, 15) is 13.6 Å². The highest BCUT2D eigenvalue weighted by atomic mass is 19.1. The number of hydrogen-bond donors (Lipinski definition) is 1. The standard InChI is InChI=1S/C14H12F2N2O/c1-18(11-5-3-2-4-6-11)14(19)17-13-8-7-10(15)9-12(13)16/h2-9H,1H3,(H,17,19). The Bertz CT molecular complexity index is 587. The number of para-hydroxylation sites is 1. The topological polar surface area (TPSA) is 32.3 Å². The zero-order valence-corrected chi connectivity index (χ0v) is 10.2. The van der Waals surface area contributed by atoms with Gasteiger partial charge in [-0.2, -0.15) is 0 Å². The number of urea groups is 1. The summed E-state index contributed by atoms with van der Waals surface area (Å²) in [4.78, 5) is 13.2. The van der Waals surface area contributed by atoms with Crippen molar-refractivity contribution in [3.8, 4) is 0 Å². The fourth-order valence-corrected chi connectivity index (χ4v) is 1.56. The van der Waals surface area contributed by atoms with Crippen LogP contribution in [0.2, 0.25) is 0 Å². The Labute approximate surface area is 109 Å². The minimum Gasteiger partial charge on any atom is -0.305 e. The van der Waals surface area contributed by atoms with E-state index >= 15 is 0 Å². The van der Waals surface area contributed by atoms with Gasteiger partial charge in [-0.1, -0.05) is 18.2 Å². The van der Waals surface area contributed by atoms with Crippen molar-refractivity contribution in [2.75, 3.05) is 17.3 Å². The molecule has 0 heterocycles. The molecule has 2 aromatic rings. The van der Waals surface area contributed by atoms with E-state index in [0.29, 0.717) is 5.69 Å². The number of hydrogen-bond acceptors (Lipinski definition) is 1. The van der Waals surface area contributed by atoms with Crippen molar-refractivity contribution in [1.29, 1.82) is 0 Å². The fourth-order valence-electron chi connectivity index (χ4n) is 1.56. The molecular formula is C14H12F2N2O. The Morgan fingerprint density at radius 2 is 1.79 bits per heavy atom. The van der Waals surface area contributed by atoms with E-state index in [-0.39, 0.29) is 5.69 Å². The van der Waals surface area contributed by atoms with Crippen LogP contribution in [0.25, 0.3) is 0 Å². The van der Waals surface area contributed by atoms with Crippen LogP contribution in [-0.2, 0) is 0 Å². The molecule has 0 fully saturated rings. The van der Waals surface area contributed by atoms with Gasteiger partial charge in [-0.25, -0.2) is 13.6 Å². The maximum Gasteiger partial charge on any atom is 0.326 e. The number of benzene rings is 2. The summed E-state index contributed by atoms with van der Waals surface area (Å²) in [6.07, 6.45) is 0. The number of nitrogens with one attached hydrogen (secondary N) is 1. The Kier molecular flexibility index (Phi) is 3.75. The number of carbonyl (C=O) groups excluding carboxylic acids is 1. The van der Waals surface area contributed by atoms with Gasteiger partial charge in [-0.05, 0) is 24.3 Å². The van der Waals surface area contributed by atoms with Crippen molar-refractivity contribution in [3.63, 3.8) is 0 Å². The summed E-state index contributed by atoms with van der Waals surface area (Å²) < 4.78 is 26.1. The molecule has 98 valence electrons. The van der Waals surface area contributed by atoms with E-state index in [1.807, 2.05) is 6.07 Å². The van der Waals surface area contributed by atoms with Crippen LogP contribution in [-0.4, -0.2) is 13.1 Å². The van der Waals surface area contributed by atoms with Crippen molar-refractivity contribution in [3.05, 3.63) is 60.2 Å². The van der Waals surface area contributed by atoms with Gasteiger partial charge >= 0.3 is 6.03 Å². The highest BCUT2D eigenvalue weighted by Crippen LogP contribution is 2.17. The first-order chi connectivity index (χ1) is 9.08. The summed E-state index contributed by atoms with van der Waals surface area (Å²) in [7, 11) is 1.56. The van der Waals surface area contributed by atoms with Crippen LogP contribution in [0.4, 0.5) is 25.0 Å². The molecule has 0 bridgehead atoms. The molecular weight excluding hydrogens is 250 g/mol. The van der Waals surface area contributed by atoms with E-state index in [0.717, 1.165) is 12.1 Å².